The van der Waals surface area contributed by atoms with E-state index in [1.54, 1.807) is 11.5 Å². The molecule has 0 aliphatic heterocycles. The summed E-state index contributed by atoms with van der Waals surface area (Å²) in [6.45, 7) is 6.04. The summed E-state index contributed by atoms with van der Waals surface area (Å²) in [5, 5.41) is 27.7. The third kappa shape index (κ3) is 6.21. The molecule has 0 fully saturated rings. The molecule has 11 nitrogen and oxygen atoms in total. The van der Waals surface area contributed by atoms with Gasteiger partial charge in [-0.3, -0.25) is 4.79 Å². The predicted octanol–water partition coefficient (Wildman–Crippen LogP) is 6.51. The number of carboxylic acids is 1. The average Bonchev–Trinajstić information content (AvgIpc) is 3.72. The maximum absolute atomic E-state index is 13.5. The van der Waals surface area contributed by atoms with Crippen LogP contribution in [0.3, 0.4) is 0 Å². The molecule has 43 heavy (non-hydrogen) atoms. The van der Waals surface area contributed by atoms with E-state index in [-0.39, 0.29) is 16.8 Å². The number of rotatable bonds is 12. The van der Waals surface area contributed by atoms with Crippen molar-refractivity contribution in [2.24, 2.45) is 5.92 Å². The van der Waals surface area contributed by atoms with Crippen molar-refractivity contribution in [3.05, 3.63) is 69.2 Å². The number of nitrogens with one attached hydrogen (secondary N) is 2. The number of halogens is 2. The Morgan fingerprint density at radius 2 is 1.95 bits per heavy atom. The van der Waals surface area contributed by atoms with Crippen LogP contribution in [0.25, 0.3) is 33.7 Å². The Morgan fingerprint density at radius 3 is 2.63 bits per heavy atom. The quantitative estimate of drug-likeness (QED) is 0.136. The number of carboxylic acid groups (broad SMARTS) is 1. The summed E-state index contributed by atoms with van der Waals surface area (Å²) in [6.07, 6.45) is 3.00. The third-order valence-electron chi connectivity index (χ3n) is 7.53. The number of aromatic nitrogens is 6. The molecule has 3 heterocycles. The normalized spacial score (nSPS) is 12.9. The van der Waals surface area contributed by atoms with E-state index in [4.69, 9.17) is 16.0 Å². The van der Waals surface area contributed by atoms with Gasteiger partial charge in [-0.15, -0.1) is 10.2 Å². The number of amides is 1. The summed E-state index contributed by atoms with van der Waals surface area (Å²) in [4.78, 5) is 29.9. The van der Waals surface area contributed by atoms with Crippen molar-refractivity contribution in [3.63, 3.8) is 0 Å². The van der Waals surface area contributed by atoms with Gasteiger partial charge in [0.05, 0.1) is 4.47 Å². The van der Waals surface area contributed by atoms with Crippen LogP contribution in [0.15, 0.2) is 51.4 Å². The number of benzene rings is 2. The Bertz CT molecular complexity index is 1770. The summed E-state index contributed by atoms with van der Waals surface area (Å²) in [5.41, 5.74) is 3.25. The molecule has 3 N–H and O–H groups in total. The maximum Gasteiger partial charge on any atom is 0.326 e. The molecule has 1 amide bonds. The van der Waals surface area contributed by atoms with Crippen molar-refractivity contribution < 1.29 is 19.1 Å². The second-order valence-corrected chi connectivity index (χ2v) is 11.5. The third-order valence-corrected chi connectivity index (χ3v) is 8.58. The first-order valence-corrected chi connectivity index (χ1v) is 15.2. The number of nitrogens with zero attached hydrogens (tertiary/aromatic N) is 5. The Hall–Kier alpha value is -4.03. The Morgan fingerprint density at radius 1 is 1.19 bits per heavy atom. The Kier molecular flexibility index (Phi) is 9.26. The highest BCUT2D eigenvalue weighted by Gasteiger charge is 2.30. The molecule has 0 saturated heterocycles. The molecular formula is C30H31BrClN7O4. The molecule has 5 aromatic rings. The molecule has 0 aliphatic carbocycles. The number of tetrazole rings is 1. The van der Waals surface area contributed by atoms with Gasteiger partial charge in [0.1, 0.15) is 28.9 Å². The SMILES string of the molecule is CCCCc1nc(Cl)c(C(=O)N[C@@H](C(=O)O)[C@H](C)CC)n1Cc1ccc2oc(-c3ccccc3-c3nn[nH]n3)c(Br)c2c1. The van der Waals surface area contributed by atoms with Gasteiger partial charge in [-0.25, -0.2) is 9.78 Å². The van der Waals surface area contributed by atoms with Crippen LogP contribution in [-0.4, -0.2) is 53.2 Å². The zero-order valence-corrected chi connectivity index (χ0v) is 26.2. The highest BCUT2D eigenvalue weighted by Crippen LogP contribution is 2.41. The topological polar surface area (TPSA) is 152 Å². The van der Waals surface area contributed by atoms with Gasteiger partial charge < -0.3 is 19.4 Å². The zero-order chi connectivity index (χ0) is 30.7. The number of aliphatic carboxylic acids is 1. The molecule has 0 saturated carbocycles. The molecule has 3 aromatic heterocycles. The molecule has 0 spiro atoms. The number of imidazole rings is 1. The molecule has 0 bridgehead atoms. The molecule has 0 unspecified atom stereocenters. The van der Waals surface area contributed by atoms with Crippen LogP contribution in [0.5, 0.6) is 0 Å². The first kappa shape index (κ1) is 30.4. The minimum absolute atomic E-state index is 0.0443. The molecule has 13 heteroatoms. The molecule has 2 atom stereocenters. The molecule has 0 aliphatic rings. The molecular weight excluding hydrogens is 638 g/mol. The fraction of sp³-hybridized carbons (Fsp3) is 0.333. The van der Waals surface area contributed by atoms with Crippen LogP contribution in [0, 0.1) is 5.92 Å². The summed E-state index contributed by atoms with van der Waals surface area (Å²) in [6, 6.07) is 12.4. The van der Waals surface area contributed by atoms with Crippen molar-refractivity contribution in [1.29, 1.82) is 0 Å². The number of carbonyl (C=O) groups excluding carboxylic acids is 1. The van der Waals surface area contributed by atoms with E-state index in [9.17, 15) is 14.7 Å². The van der Waals surface area contributed by atoms with Gasteiger partial charge >= 0.3 is 5.97 Å². The van der Waals surface area contributed by atoms with Crippen molar-refractivity contribution >= 4 is 50.4 Å². The number of carbonyl (C=O) groups is 2. The standard InChI is InChI=1S/C30H31BrClN7O4/c1-4-6-11-22-33-27(32)25(29(40)34-24(30(41)42)16(3)5-2)39(22)15-17-12-13-21-20(14-17)23(31)26(43-21)18-9-7-8-10-19(18)28-35-37-38-36-28/h7-10,12-14,16,24H,4-6,11,15H2,1-3H3,(H,34,40)(H,41,42)(H,35,36,37,38)/t16-,24-/m1/s1. The van der Waals surface area contributed by atoms with Gasteiger partial charge in [-0.2, -0.15) is 5.21 Å². The monoisotopic (exact) mass is 667 g/mol. The number of unbranched alkanes of at least 4 members (excludes halogenated alkanes) is 1. The predicted molar refractivity (Wildman–Crippen MR) is 166 cm³/mol. The van der Waals surface area contributed by atoms with Crippen molar-refractivity contribution in [3.8, 4) is 22.7 Å². The van der Waals surface area contributed by atoms with E-state index in [0.717, 1.165) is 39.4 Å². The highest BCUT2D eigenvalue weighted by molar-refractivity contribution is 9.10. The van der Waals surface area contributed by atoms with Crippen LogP contribution < -0.4 is 5.32 Å². The van der Waals surface area contributed by atoms with Gasteiger partial charge in [0, 0.05) is 29.5 Å². The summed E-state index contributed by atoms with van der Waals surface area (Å²) in [5.74, 6) is -0.206. The van der Waals surface area contributed by atoms with Crippen molar-refractivity contribution in [1.82, 2.24) is 35.5 Å². The van der Waals surface area contributed by atoms with Gasteiger partial charge in [0.2, 0.25) is 5.82 Å². The largest absolute Gasteiger partial charge is 0.480 e. The average molecular weight is 669 g/mol. The number of fused-ring (bicyclic) bond motifs is 1. The fourth-order valence-corrected chi connectivity index (χ4v) is 5.88. The number of aromatic amines is 1. The van der Waals surface area contributed by atoms with E-state index in [2.05, 4.69) is 53.8 Å². The lowest BCUT2D eigenvalue weighted by Crippen LogP contribution is -2.45. The lowest BCUT2D eigenvalue weighted by molar-refractivity contribution is -0.140. The molecule has 2 aromatic carbocycles. The van der Waals surface area contributed by atoms with Crippen LogP contribution in [0.2, 0.25) is 5.15 Å². The summed E-state index contributed by atoms with van der Waals surface area (Å²) >= 11 is 10.3. The van der Waals surface area contributed by atoms with E-state index in [1.807, 2.05) is 49.4 Å². The number of hydrogen-bond donors (Lipinski definition) is 3. The summed E-state index contributed by atoms with van der Waals surface area (Å²) < 4.78 is 8.82. The minimum atomic E-state index is -1.09. The second-order valence-electron chi connectivity index (χ2n) is 10.4. The minimum Gasteiger partial charge on any atom is -0.480 e. The first-order chi connectivity index (χ1) is 20.7. The second kappa shape index (κ2) is 13.1. The van der Waals surface area contributed by atoms with Gasteiger partial charge in [0.15, 0.2) is 5.15 Å². The zero-order valence-electron chi connectivity index (χ0n) is 23.9. The number of hydrogen-bond acceptors (Lipinski definition) is 7. The lowest BCUT2D eigenvalue weighted by atomic mass is 9.99. The molecule has 224 valence electrons. The number of furan rings is 1. The van der Waals surface area contributed by atoms with Gasteiger partial charge in [-0.1, -0.05) is 75.5 Å². The van der Waals surface area contributed by atoms with Crippen molar-refractivity contribution in [2.75, 3.05) is 0 Å². The van der Waals surface area contributed by atoms with Crippen LogP contribution >= 0.6 is 27.5 Å². The number of aryl methyl sites for hydroxylation is 1. The van der Waals surface area contributed by atoms with Gasteiger partial charge in [-0.05, 0) is 51.2 Å². The van der Waals surface area contributed by atoms with E-state index >= 15 is 0 Å². The van der Waals surface area contributed by atoms with Crippen LogP contribution in [0.1, 0.15) is 61.9 Å². The van der Waals surface area contributed by atoms with E-state index in [0.29, 0.717) is 42.4 Å². The summed E-state index contributed by atoms with van der Waals surface area (Å²) in [7, 11) is 0. The van der Waals surface area contributed by atoms with Crippen molar-refractivity contribution in [2.45, 2.75) is 59.0 Å². The van der Waals surface area contributed by atoms with E-state index in [1.165, 1.54) is 0 Å². The first-order valence-electron chi connectivity index (χ1n) is 14.1. The molecule has 0 radical (unpaired) electrons. The maximum atomic E-state index is 13.5. The Labute approximate surface area is 261 Å². The Balaban J connectivity index is 1.53. The molecule has 5 rings (SSSR count). The van der Waals surface area contributed by atoms with E-state index < -0.39 is 17.9 Å². The highest BCUT2D eigenvalue weighted by atomic mass is 79.9. The number of H-pyrrole nitrogens is 1. The smallest absolute Gasteiger partial charge is 0.326 e. The van der Waals surface area contributed by atoms with Crippen LogP contribution in [-0.2, 0) is 17.8 Å². The van der Waals surface area contributed by atoms with Crippen LogP contribution in [0.4, 0.5) is 0 Å². The lowest BCUT2D eigenvalue weighted by Gasteiger charge is -2.21. The van der Waals surface area contributed by atoms with Gasteiger partial charge in [0.25, 0.3) is 5.91 Å². The fourth-order valence-electron chi connectivity index (χ4n) is 4.99.